The molecule has 0 heterocycles. The standard InChI is InChI=1S/C10H11BrO5S/c1-2-16-6-17(14,15)7-3-4-9(11)8(5-7)10(12)13/h3-5H,2,6H2,1H3,(H,12,13). The molecule has 0 bridgehead atoms. The lowest BCUT2D eigenvalue weighted by Gasteiger charge is -2.06. The Morgan fingerprint density at radius 2 is 2.12 bits per heavy atom. The van der Waals surface area contributed by atoms with E-state index in [9.17, 15) is 13.2 Å². The lowest BCUT2D eigenvalue weighted by molar-refractivity contribution is 0.0695. The maximum atomic E-state index is 11.7. The van der Waals surface area contributed by atoms with E-state index in [1.807, 2.05) is 0 Å². The SMILES string of the molecule is CCOCS(=O)(=O)c1ccc(Br)c(C(=O)O)c1. The molecule has 17 heavy (non-hydrogen) atoms. The van der Waals surface area contributed by atoms with Crippen molar-refractivity contribution in [1.82, 2.24) is 0 Å². The number of aromatic carboxylic acids is 1. The summed E-state index contributed by atoms with van der Waals surface area (Å²) in [5.74, 6) is -1.64. The van der Waals surface area contributed by atoms with Gasteiger partial charge in [-0.2, -0.15) is 0 Å². The van der Waals surface area contributed by atoms with Crippen LogP contribution >= 0.6 is 15.9 Å². The van der Waals surface area contributed by atoms with Crippen LogP contribution in [0.25, 0.3) is 0 Å². The largest absolute Gasteiger partial charge is 0.478 e. The lowest BCUT2D eigenvalue weighted by Crippen LogP contribution is -2.11. The molecule has 1 N–H and O–H groups in total. The normalized spacial score (nSPS) is 11.4. The van der Waals surface area contributed by atoms with E-state index >= 15 is 0 Å². The molecular weight excluding hydrogens is 312 g/mol. The van der Waals surface area contributed by atoms with Gasteiger partial charge in [-0.05, 0) is 41.1 Å². The molecular formula is C10H11BrO5S. The second-order valence-corrected chi connectivity index (χ2v) is 5.96. The number of benzene rings is 1. The Kier molecular flexibility index (Phi) is 4.67. The van der Waals surface area contributed by atoms with Gasteiger partial charge < -0.3 is 9.84 Å². The molecule has 1 aromatic rings. The van der Waals surface area contributed by atoms with Gasteiger partial charge in [-0.1, -0.05) is 0 Å². The number of carbonyl (C=O) groups is 1. The molecule has 0 aliphatic carbocycles. The number of rotatable bonds is 5. The Balaban J connectivity index is 3.16. The molecule has 0 saturated carbocycles. The molecule has 0 fully saturated rings. The van der Waals surface area contributed by atoms with Crippen LogP contribution in [0.15, 0.2) is 27.6 Å². The van der Waals surface area contributed by atoms with Crippen molar-refractivity contribution >= 4 is 31.7 Å². The van der Waals surface area contributed by atoms with Gasteiger partial charge in [0.25, 0.3) is 0 Å². The number of carboxylic acids is 1. The highest BCUT2D eigenvalue weighted by atomic mass is 79.9. The molecule has 0 radical (unpaired) electrons. The summed E-state index contributed by atoms with van der Waals surface area (Å²) in [4.78, 5) is 10.8. The molecule has 0 atom stereocenters. The second kappa shape index (κ2) is 5.61. The third kappa shape index (κ3) is 3.52. The molecule has 1 rings (SSSR count). The predicted molar refractivity (Wildman–Crippen MR) is 64.8 cm³/mol. The van der Waals surface area contributed by atoms with Crippen LogP contribution in [0.1, 0.15) is 17.3 Å². The molecule has 0 aliphatic rings. The van der Waals surface area contributed by atoms with Crippen molar-refractivity contribution in [2.75, 3.05) is 12.5 Å². The van der Waals surface area contributed by atoms with Crippen LogP contribution in [-0.2, 0) is 14.6 Å². The number of carboxylic acid groups (broad SMARTS) is 1. The monoisotopic (exact) mass is 322 g/mol. The molecule has 0 amide bonds. The van der Waals surface area contributed by atoms with Crippen molar-refractivity contribution in [2.24, 2.45) is 0 Å². The third-order valence-corrected chi connectivity index (χ3v) is 4.11. The molecule has 0 aliphatic heterocycles. The van der Waals surface area contributed by atoms with Gasteiger partial charge in [-0.3, -0.25) is 0 Å². The summed E-state index contributed by atoms with van der Waals surface area (Å²) in [5, 5.41) is 8.88. The summed E-state index contributed by atoms with van der Waals surface area (Å²) < 4.78 is 28.7. The van der Waals surface area contributed by atoms with Crippen LogP contribution in [0.3, 0.4) is 0 Å². The Morgan fingerprint density at radius 1 is 1.47 bits per heavy atom. The number of hydrogen-bond acceptors (Lipinski definition) is 4. The van der Waals surface area contributed by atoms with E-state index < -0.39 is 21.7 Å². The van der Waals surface area contributed by atoms with Crippen molar-refractivity contribution in [3.8, 4) is 0 Å². The Labute approximate surface area is 107 Å². The highest BCUT2D eigenvalue weighted by molar-refractivity contribution is 9.10. The summed E-state index contributed by atoms with van der Waals surface area (Å²) in [7, 11) is -3.60. The van der Waals surface area contributed by atoms with Gasteiger partial charge in [-0.25, -0.2) is 13.2 Å². The van der Waals surface area contributed by atoms with Crippen molar-refractivity contribution in [1.29, 1.82) is 0 Å². The van der Waals surface area contributed by atoms with E-state index in [1.165, 1.54) is 12.1 Å². The summed E-state index contributed by atoms with van der Waals surface area (Å²) in [6.45, 7) is 1.96. The number of halogens is 1. The smallest absolute Gasteiger partial charge is 0.336 e. The highest BCUT2D eigenvalue weighted by Gasteiger charge is 2.18. The van der Waals surface area contributed by atoms with Gasteiger partial charge >= 0.3 is 5.97 Å². The van der Waals surface area contributed by atoms with Crippen LogP contribution in [0, 0.1) is 0 Å². The molecule has 0 aromatic heterocycles. The number of ether oxygens (including phenoxy) is 1. The Morgan fingerprint density at radius 3 is 2.65 bits per heavy atom. The first kappa shape index (κ1) is 14.1. The average Bonchev–Trinajstić information content (AvgIpc) is 2.26. The third-order valence-electron chi connectivity index (χ3n) is 1.97. The predicted octanol–water partition coefficient (Wildman–Crippen LogP) is 1.92. The van der Waals surface area contributed by atoms with Gasteiger partial charge in [0.2, 0.25) is 9.84 Å². The summed E-state index contributed by atoms with van der Waals surface area (Å²) >= 11 is 3.04. The minimum absolute atomic E-state index is 0.0634. The fraction of sp³-hybridized carbons (Fsp3) is 0.300. The van der Waals surface area contributed by atoms with E-state index in [2.05, 4.69) is 15.9 Å². The summed E-state index contributed by atoms with van der Waals surface area (Å²) in [6, 6.07) is 3.84. The second-order valence-electron chi connectivity index (χ2n) is 3.17. The maximum absolute atomic E-state index is 11.7. The Bertz CT molecular complexity index is 523. The van der Waals surface area contributed by atoms with Gasteiger partial charge in [0.1, 0.15) is 0 Å². The zero-order chi connectivity index (χ0) is 13.1. The molecule has 7 heteroatoms. The van der Waals surface area contributed by atoms with Crippen molar-refractivity contribution < 1.29 is 23.1 Å². The number of hydrogen-bond donors (Lipinski definition) is 1. The molecule has 94 valence electrons. The first-order valence-corrected chi connectivity index (χ1v) is 7.16. The van der Waals surface area contributed by atoms with Crippen LogP contribution in [0.5, 0.6) is 0 Å². The van der Waals surface area contributed by atoms with Crippen LogP contribution < -0.4 is 0 Å². The summed E-state index contributed by atoms with van der Waals surface area (Å²) in [6.07, 6.45) is 0. The van der Waals surface area contributed by atoms with E-state index in [1.54, 1.807) is 6.92 Å². The van der Waals surface area contributed by atoms with Crippen LogP contribution in [-0.4, -0.2) is 32.0 Å². The molecule has 5 nitrogen and oxygen atoms in total. The van der Waals surface area contributed by atoms with Crippen molar-refractivity contribution in [3.63, 3.8) is 0 Å². The van der Waals surface area contributed by atoms with E-state index in [0.717, 1.165) is 6.07 Å². The fourth-order valence-corrected chi connectivity index (χ4v) is 2.63. The van der Waals surface area contributed by atoms with E-state index in [-0.39, 0.29) is 17.1 Å². The summed E-state index contributed by atoms with van der Waals surface area (Å²) in [5.41, 5.74) is -0.0948. The molecule has 0 saturated heterocycles. The first-order valence-electron chi connectivity index (χ1n) is 4.72. The zero-order valence-corrected chi connectivity index (χ0v) is 11.4. The zero-order valence-electron chi connectivity index (χ0n) is 9.01. The molecule has 0 spiro atoms. The van der Waals surface area contributed by atoms with E-state index in [4.69, 9.17) is 9.84 Å². The molecule has 0 unspecified atom stereocenters. The van der Waals surface area contributed by atoms with Crippen LogP contribution in [0.2, 0.25) is 0 Å². The van der Waals surface area contributed by atoms with Gasteiger partial charge in [0, 0.05) is 11.1 Å². The van der Waals surface area contributed by atoms with Gasteiger partial charge in [0.15, 0.2) is 5.94 Å². The van der Waals surface area contributed by atoms with E-state index in [0.29, 0.717) is 4.47 Å². The van der Waals surface area contributed by atoms with Crippen molar-refractivity contribution in [2.45, 2.75) is 11.8 Å². The fourth-order valence-electron chi connectivity index (χ4n) is 1.12. The molecule has 1 aromatic carbocycles. The van der Waals surface area contributed by atoms with Gasteiger partial charge in [0.05, 0.1) is 10.5 Å². The van der Waals surface area contributed by atoms with Crippen LogP contribution in [0.4, 0.5) is 0 Å². The highest BCUT2D eigenvalue weighted by Crippen LogP contribution is 2.21. The Hall–Kier alpha value is -0.920. The minimum Gasteiger partial charge on any atom is -0.478 e. The first-order chi connectivity index (χ1) is 7.88. The quantitative estimate of drug-likeness (QED) is 0.895. The average molecular weight is 323 g/mol. The van der Waals surface area contributed by atoms with Crippen molar-refractivity contribution in [3.05, 3.63) is 28.2 Å². The van der Waals surface area contributed by atoms with Gasteiger partial charge in [-0.15, -0.1) is 0 Å². The maximum Gasteiger partial charge on any atom is 0.336 e. The topological polar surface area (TPSA) is 80.7 Å². The number of sulfone groups is 1. The lowest BCUT2D eigenvalue weighted by atomic mass is 10.2. The minimum atomic E-state index is -3.60.